The zero-order valence-corrected chi connectivity index (χ0v) is 19.6. The molecule has 1 amide bonds. The van der Waals surface area contributed by atoms with E-state index in [2.05, 4.69) is 15.6 Å². The van der Waals surface area contributed by atoms with E-state index in [1.165, 1.54) is 14.2 Å². The van der Waals surface area contributed by atoms with E-state index in [1.807, 2.05) is 25.1 Å². The molecule has 0 atom stereocenters. The highest BCUT2D eigenvalue weighted by atomic mass is 35.5. The lowest BCUT2D eigenvalue weighted by Crippen LogP contribution is -2.34. The van der Waals surface area contributed by atoms with Gasteiger partial charge in [0.1, 0.15) is 5.52 Å². The number of benzene rings is 3. The number of amides is 1. The molecule has 9 heteroatoms. The molecule has 0 aliphatic heterocycles. The van der Waals surface area contributed by atoms with Crippen LogP contribution in [0.4, 0.5) is 5.69 Å². The molecule has 168 valence electrons. The quantitative estimate of drug-likeness (QED) is 0.359. The van der Waals surface area contributed by atoms with Crippen LogP contribution in [0, 0.1) is 6.92 Å². The van der Waals surface area contributed by atoms with Crippen LogP contribution in [0.25, 0.3) is 22.6 Å². The van der Waals surface area contributed by atoms with Crippen molar-refractivity contribution in [3.63, 3.8) is 0 Å². The molecule has 0 saturated carbocycles. The Morgan fingerprint density at radius 1 is 1.03 bits per heavy atom. The summed E-state index contributed by atoms with van der Waals surface area (Å²) in [5.74, 6) is 0.971. The number of carbonyl (C=O) groups is 1. The van der Waals surface area contributed by atoms with Crippen LogP contribution in [-0.4, -0.2) is 30.2 Å². The van der Waals surface area contributed by atoms with Crippen molar-refractivity contribution in [1.82, 2.24) is 10.3 Å². The van der Waals surface area contributed by atoms with Gasteiger partial charge in [0.15, 0.2) is 22.2 Å². The Morgan fingerprint density at radius 3 is 2.58 bits per heavy atom. The molecule has 1 aromatic heterocycles. The van der Waals surface area contributed by atoms with E-state index in [4.69, 9.17) is 37.7 Å². The van der Waals surface area contributed by atoms with Gasteiger partial charge in [-0.15, -0.1) is 0 Å². The fourth-order valence-electron chi connectivity index (χ4n) is 3.23. The molecule has 0 saturated heterocycles. The second-order valence-corrected chi connectivity index (χ2v) is 7.98. The number of hydrogen-bond acceptors (Lipinski definition) is 6. The number of methoxy groups -OCH3 is 2. The predicted octanol–water partition coefficient (Wildman–Crippen LogP) is 5.60. The summed E-state index contributed by atoms with van der Waals surface area (Å²) in [6.07, 6.45) is 0. The molecular formula is C24H20ClN3O4S. The average molecular weight is 482 g/mol. The molecule has 0 unspecified atom stereocenters. The van der Waals surface area contributed by atoms with E-state index in [1.54, 1.807) is 36.4 Å². The molecule has 0 fully saturated rings. The van der Waals surface area contributed by atoms with Gasteiger partial charge in [-0.3, -0.25) is 10.1 Å². The van der Waals surface area contributed by atoms with Gasteiger partial charge in [-0.2, -0.15) is 0 Å². The van der Waals surface area contributed by atoms with Gasteiger partial charge in [0.2, 0.25) is 5.89 Å². The van der Waals surface area contributed by atoms with Crippen molar-refractivity contribution in [3.05, 3.63) is 70.7 Å². The molecule has 4 rings (SSSR count). The first-order chi connectivity index (χ1) is 15.9. The van der Waals surface area contributed by atoms with Crippen LogP contribution in [0.1, 0.15) is 15.9 Å². The number of ether oxygens (including phenoxy) is 2. The number of nitrogens with zero attached hydrogens (tertiary/aromatic N) is 1. The van der Waals surface area contributed by atoms with Crippen molar-refractivity contribution in [1.29, 1.82) is 0 Å². The number of oxazole rings is 1. The summed E-state index contributed by atoms with van der Waals surface area (Å²) in [7, 11) is 3.03. The van der Waals surface area contributed by atoms with E-state index in [-0.39, 0.29) is 5.11 Å². The Hall–Kier alpha value is -3.62. The monoisotopic (exact) mass is 481 g/mol. The molecule has 0 radical (unpaired) electrons. The number of aryl methyl sites for hydroxylation is 1. The van der Waals surface area contributed by atoms with Gasteiger partial charge in [0.05, 0.1) is 24.8 Å². The Bertz CT molecular complexity index is 1370. The van der Waals surface area contributed by atoms with Crippen LogP contribution in [-0.2, 0) is 0 Å². The number of anilines is 1. The van der Waals surface area contributed by atoms with Crippen molar-refractivity contribution in [2.24, 2.45) is 0 Å². The Morgan fingerprint density at radius 2 is 1.82 bits per heavy atom. The number of hydrogen-bond donors (Lipinski definition) is 2. The Balaban J connectivity index is 1.51. The maximum Gasteiger partial charge on any atom is 0.257 e. The lowest BCUT2D eigenvalue weighted by Gasteiger charge is -2.12. The van der Waals surface area contributed by atoms with Crippen molar-refractivity contribution in [3.8, 4) is 23.0 Å². The van der Waals surface area contributed by atoms with Crippen LogP contribution in [0.2, 0.25) is 5.02 Å². The Kier molecular flexibility index (Phi) is 6.48. The third kappa shape index (κ3) is 4.92. The summed E-state index contributed by atoms with van der Waals surface area (Å²) in [5.41, 5.74) is 4.08. The van der Waals surface area contributed by atoms with Crippen LogP contribution < -0.4 is 20.1 Å². The first-order valence-electron chi connectivity index (χ1n) is 9.89. The van der Waals surface area contributed by atoms with E-state index >= 15 is 0 Å². The van der Waals surface area contributed by atoms with Crippen molar-refractivity contribution >= 4 is 51.6 Å². The number of halogens is 1. The zero-order valence-electron chi connectivity index (χ0n) is 18.1. The van der Waals surface area contributed by atoms with E-state index in [0.717, 1.165) is 11.1 Å². The normalized spacial score (nSPS) is 10.7. The zero-order chi connectivity index (χ0) is 23.5. The largest absolute Gasteiger partial charge is 0.493 e. The topological polar surface area (TPSA) is 85.6 Å². The van der Waals surface area contributed by atoms with Gasteiger partial charge in [-0.25, -0.2) is 4.98 Å². The van der Waals surface area contributed by atoms with Gasteiger partial charge in [0, 0.05) is 11.3 Å². The van der Waals surface area contributed by atoms with Gasteiger partial charge >= 0.3 is 0 Å². The molecule has 2 N–H and O–H groups in total. The highest BCUT2D eigenvalue weighted by Gasteiger charge is 2.15. The maximum atomic E-state index is 12.6. The molecule has 0 spiro atoms. The molecule has 33 heavy (non-hydrogen) atoms. The summed E-state index contributed by atoms with van der Waals surface area (Å²) in [6, 6.07) is 15.8. The number of carbonyl (C=O) groups excluding carboxylic acids is 1. The third-order valence-corrected chi connectivity index (χ3v) is 5.41. The van der Waals surface area contributed by atoms with Crippen LogP contribution in [0.3, 0.4) is 0 Å². The summed E-state index contributed by atoms with van der Waals surface area (Å²) in [4.78, 5) is 17.1. The predicted molar refractivity (Wildman–Crippen MR) is 132 cm³/mol. The van der Waals surface area contributed by atoms with E-state index in [0.29, 0.717) is 44.8 Å². The fraction of sp³-hybridized carbons (Fsp3) is 0.125. The lowest BCUT2D eigenvalue weighted by molar-refractivity contribution is 0.0977. The molecule has 3 aromatic carbocycles. The maximum absolute atomic E-state index is 12.6. The molecular weight excluding hydrogens is 462 g/mol. The van der Waals surface area contributed by atoms with Crippen LogP contribution >= 0.6 is 23.8 Å². The molecule has 7 nitrogen and oxygen atoms in total. The highest BCUT2D eigenvalue weighted by molar-refractivity contribution is 7.80. The van der Waals surface area contributed by atoms with Crippen molar-refractivity contribution in [2.75, 3.05) is 19.5 Å². The standard InChI is InChI=1S/C24H20ClN3O4S/c1-13-4-8-18-20(10-13)32-23(27-18)16-12-15(6-7-17(16)25)26-24(33)28-22(29)14-5-9-19(30-2)21(11-14)31-3/h4-12H,1-3H3,(H2,26,28,29,33). The SMILES string of the molecule is COc1ccc(C(=O)NC(=S)Nc2ccc(Cl)c(-c3nc4ccc(C)cc4o3)c2)cc1OC. The van der Waals surface area contributed by atoms with Crippen LogP contribution in [0.5, 0.6) is 11.5 Å². The second kappa shape index (κ2) is 9.48. The molecule has 1 heterocycles. The minimum Gasteiger partial charge on any atom is -0.493 e. The molecule has 4 aromatic rings. The number of aromatic nitrogens is 1. The average Bonchev–Trinajstić information content (AvgIpc) is 3.22. The third-order valence-electron chi connectivity index (χ3n) is 4.87. The van der Waals surface area contributed by atoms with Crippen LogP contribution in [0.15, 0.2) is 59.0 Å². The summed E-state index contributed by atoms with van der Waals surface area (Å²) >= 11 is 11.7. The van der Waals surface area contributed by atoms with Crippen molar-refractivity contribution < 1.29 is 18.7 Å². The van der Waals surface area contributed by atoms with E-state index < -0.39 is 5.91 Å². The van der Waals surface area contributed by atoms with Gasteiger partial charge in [0.25, 0.3) is 5.91 Å². The van der Waals surface area contributed by atoms with Gasteiger partial charge in [-0.05, 0) is 73.2 Å². The minimum atomic E-state index is -0.392. The summed E-state index contributed by atoms with van der Waals surface area (Å²) in [5, 5.41) is 6.24. The number of nitrogens with one attached hydrogen (secondary N) is 2. The lowest BCUT2D eigenvalue weighted by atomic mass is 10.2. The number of rotatable bonds is 5. The Labute approximate surface area is 200 Å². The summed E-state index contributed by atoms with van der Waals surface area (Å²) < 4.78 is 16.3. The minimum absolute atomic E-state index is 0.122. The summed E-state index contributed by atoms with van der Waals surface area (Å²) in [6.45, 7) is 1.98. The first kappa shape index (κ1) is 22.6. The highest BCUT2D eigenvalue weighted by Crippen LogP contribution is 2.32. The fourth-order valence-corrected chi connectivity index (χ4v) is 3.64. The van der Waals surface area contributed by atoms with E-state index in [9.17, 15) is 4.79 Å². The first-order valence-corrected chi connectivity index (χ1v) is 10.7. The second-order valence-electron chi connectivity index (χ2n) is 7.16. The smallest absolute Gasteiger partial charge is 0.257 e. The molecule has 0 aliphatic carbocycles. The van der Waals surface area contributed by atoms with Gasteiger partial charge < -0.3 is 19.2 Å². The van der Waals surface area contributed by atoms with Crippen molar-refractivity contribution in [2.45, 2.75) is 6.92 Å². The molecule has 0 bridgehead atoms. The van der Waals surface area contributed by atoms with Gasteiger partial charge in [-0.1, -0.05) is 17.7 Å². The molecule has 0 aliphatic rings. The number of thiocarbonyl (C=S) groups is 1. The number of fused-ring (bicyclic) bond motifs is 1.